The summed E-state index contributed by atoms with van der Waals surface area (Å²) in [6.45, 7) is 6.56. The topological polar surface area (TPSA) is 49.8 Å². The van der Waals surface area contributed by atoms with Crippen LogP contribution in [0.15, 0.2) is 54.2 Å². The van der Waals surface area contributed by atoms with Crippen molar-refractivity contribution < 1.29 is 4.39 Å². The highest BCUT2D eigenvalue weighted by Crippen LogP contribution is 2.42. The van der Waals surface area contributed by atoms with Crippen LogP contribution >= 0.6 is 11.6 Å². The maximum Gasteiger partial charge on any atom is 0.229 e. The molecule has 6 heteroatoms. The van der Waals surface area contributed by atoms with E-state index >= 15 is 0 Å². The number of hydrogen-bond acceptors (Lipinski definition) is 4. The molecule has 0 aliphatic heterocycles. The Bertz CT molecular complexity index is 1290. The zero-order valence-electron chi connectivity index (χ0n) is 23.4. The van der Waals surface area contributed by atoms with Crippen molar-refractivity contribution in [3.63, 3.8) is 0 Å². The normalized spacial score (nSPS) is 20.2. The van der Waals surface area contributed by atoms with Crippen molar-refractivity contribution >= 4 is 34.6 Å². The largest absolute Gasteiger partial charge is 0.367 e. The standard InChI is InChI=1S/C33H40ClFN4/c1-4-21(3)31(25-11-9-22(5-2)10-12-25)30-20-36-33(38-29-18-26(34)17-27(35)19-29)39-32(30)37-28-15-13-24(14-16-28)23-7-6-8-23/h9-12,17-20,23-24,28H,4-8,13-16H2,1-3H3,(H2,36,37,38,39). The lowest BCUT2D eigenvalue weighted by molar-refractivity contribution is 0.157. The molecule has 3 aromatic rings. The molecular formula is C33H40ClFN4. The van der Waals surface area contributed by atoms with Gasteiger partial charge in [-0.3, -0.25) is 0 Å². The van der Waals surface area contributed by atoms with Crippen LogP contribution in [0.25, 0.3) is 5.57 Å². The van der Waals surface area contributed by atoms with Gasteiger partial charge in [-0.1, -0.05) is 74.5 Å². The minimum atomic E-state index is -0.400. The van der Waals surface area contributed by atoms with Crippen LogP contribution in [-0.4, -0.2) is 16.0 Å². The first-order chi connectivity index (χ1) is 18.9. The average molecular weight is 547 g/mol. The SMILES string of the molecule is CCC(C)=C(c1ccc(CC)cc1)c1cnc(Nc2cc(F)cc(Cl)c2)nc1NC1CCC(C2CCC2)CC1. The van der Waals surface area contributed by atoms with E-state index in [2.05, 4.69) is 60.7 Å². The predicted octanol–water partition coefficient (Wildman–Crippen LogP) is 9.58. The first-order valence-corrected chi connectivity index (χ1v) is 15.0. The molecule has 206 valence electrons. The van der Waals surface area contributed by atoms with Crippen molar-refractivity contribution in [2.75, 3.05) is 10.6 Å². The van der Waals surface area contributed by atoms with Crippen molar-refractivity contribution in [3.8, 4) is 0 Å². The lowest BCUT2D eigenvalue weighted by Crippen LogP contribution is -2.32. The number of allylic oxidation sites excluding steroid dienone is 1. The highest BCUT2D eigenvalue weighted by atomic mass is 35.5. The van der Waals surface area contributed by atoms with Gasteiger partial charge < -0.3 is 10.6 Å². The van der Waals surface area contributed by atoms with E-state index in [0.717, 1.165) is 48.9 Å². The van der Waals surface area contributed by atoms with Gasteiger partial charge in [-0.25, -0.2) is 9.37 Å². The van der Waals surface area contributed by atoms with Gasteiger partial charge in [0.15, 0.2) is 0 Å². The molecular weight excluding hydrogens is 507 g/mol. The summed E-state index contributed by atoms with van der Waals surface area (Å²) in [5.41, 5.74) is 6.48. The Hall–Kier alpha value is -2.92. The van der Waals surface area contributed by atoms with Gasteiger partial charge >= 0.3 is 0 Å². The number of anilines is 3. The Morgan fingerprint density at radius 3 is 2.31 bits per heavy atom. The maximum absolute atomic E-state index is 14.0. The molecule has 2 aliphatic carbocycles. The second-order valence-electron chi connectivity index (χ2n) is 11.2. The van der Waals surface area contributed by atoms with Gasteiger partial charge in [-0.15, -0.1) is 0 Å². The zero-order valence-corrected chi connectivity index (χ0v) is 24.1. The van der Waals surface area contributed by atoms with Gasteiger partial charge in [0.1, 0.15) is 11.6 Å². The minimum absolute atomic E-state index is 0.329. The van der Waals surface area contributed by atoms with Gasteiger partial charge in [0.25, 0.3) is 0 Å². The summed E-state index contributed by atoms with van der Waals surface area (Å²) in [4.78, 5) is 9.64. The molecule has 0 atom stereocenters. The number of halogens is 2. The average Bonchev–Trinajstić information content (AvgIpc) is 2.90. The molecule has 39 heavy (non-hydrogen) atoms. The van der Waals surface area contributed by atoms with E-state index < -0.39 is 5.82 Å². The van der Waals surface area contributed by atoms with E-state index in [-0.39, 0.29) is 0 Å². The number of aryl methyl sites for hydroxylation is 1. The van der Waals surface area contributed by atoms with Crippen LogP contribution in [0.1, 0.15) is 88.8 Å². The number of nitrogens with one attached hydrogen (secondary N) is 2. The molecule has 2 N–H and O–H groups in total. The molecule has 0 unspecified atom stereocenters. The summed E-state index contributed by atoms with van der Waals surface area (Å²) >= 11 is 6.09. The summed E-state index contributed by atoms with van der Waals surface area (Å²) in [7, 11) is 0. The number of rotatable bonds is 9. The molecule has 5 rings (SSSR count). The van der Waals surface area contributed by atoms with E-state index in [1.807, 2.05) is 6.20 Å². The quantitative estimate of drug-likeness (QED) is 0.280. The van der Waals surface area contributed by atoms with E-state index in [4.69, 9.17) is 16.6 Å². The van der Waals surface area contributed by atoms with Crippen LogP contribution in [-0.2, 0) is 6.42 Å². The smallest absolute Gasteiger partial charge is 0.229 e. The zero-order chi connectivity index (χ0) is 27.4. The third kappa shape index (κ3) is 6.63. The molecule has 0 saturated heterocycles. The Morgan fingerprint density at radius 2 is 1.69 bits per heavy atom. The maximum atomic E-state index is 14.0. The van der Waals surface area contributed by atoms with E-state index in [0.29, 0.717) is 22.7 Å². The van der Waals surface area contributed by atoms with Crippen LogP contribution < -0.4 is 10.6 Å². The summed E-state index contributed by atoms with van der Waals surface area (Å²) in [6, 6.07) is 13.6. The Balaban J connectivity index is 1.48. The second kappa shape index (κ2) is 12.5. The second-order valence-corrected chi connectivity index (χ2v) is 11.7. The van der Waals surface area contributed by atoms with Crippen LogP contribution in [0.5, 0.6) is 0 Å². The third-order valence-electron chi connectivity index (χ3n) is 8.71. The van der Waals surface area contributed by atoms with E-state index in [1.54, 1.807) is 6.07 Å². The van der Waals surface area contributed by atoms with Gasteiger partial charge in [-0.2, -0.15) is 4.98 Å². The Morgan fingerprint density at radius 1 is 0.974 bits per heavy atom. The van der Waals surface area contributed by atoms with Gasteiger partial charge in [-0.05, 0) is 92.2 Å². The molecule has 2 aromatic carbocycles. The first-order valence-electron chi connectivity index (χ1n) is 14.6. The summed E-state index contributed by atoms with van der Waals surface area (Å²) < 4.78 is 14.0. The van der Waals surface area contributed by atoms with Crippen molar-refractivity contribution in [3.05, 3.63) is 81.8 Å². The highest BCUT2D eigenvalue weighted by Gasteiger charge is 2.31. The fourth-order valence-corrected chi connectivity index (χ4v) is 6.27. The van der Waals surface area contributed by atoms with Crippen LogP contribution in [0, 0.1) is 17.7 Å². The lowest BCUT2D eigenvalue weighted by atomic mass is 9.69. The molecule has 2 fully saturated rings. The van der Waals surface area contributed by atoms with Crippen LogP contribution in [0.3, 0.4) is 0 Å². The van der Waals surface area contributed by atoms with E-state index in [9.17, 15) is 4.39 Å². The lowest BCUT2D eigenvalue weighted by Gasteiger charge is -2.38. The van der Waals surface area contributed by atoms with Gasteiger partial charge in [0.2, 0.25) is 5.95 Å². The predicted molar refractivity (Wildman–Crippen MR) is 161 cm³/mol. The van der Waals surface area contributed by atoms with Crippen molar-refractivity contribution in [2.45, 2.75) is 84.6 Å². The molecule has 2 aliphatic rings. The summed E-state index contributed by atoms with van der Waals surface area (Å²) in [5.74, 6) is 2.67. The van der Waals surface area contributed by atoms with E-state index in [1.165, 1.54) is 66.5 Å². The first kappa shape index (κ1) is 27.6. The number of nitrogens with zero attached hydrogens (tertiary/aromatic N) is 2. The molecule has 0 spiro atoms. The van der Waals surface area contributed by atoms with Gasteiger partial charge in [0, 0.05) is 28.5 Å². The highest BCUT2D eigenvalue weighted by molar-refractivity contribution is 6.30. The van der Waals surface area contributed by atoms with Crippen molar-refractivity contribution in [1.82, 2.24) is 9.97 Å². The minimum Gasteiger partial charge on any atom is -0.367 e. The Labute approximate surface area is 237 Å². The van der Waals surface area contributed by atoms with Crippen molar-refractivity contribution in [2.24, 2.45) is 11.8 Å². The molecule has 1 heterocycles. The van der Waals surface area contributed by atoms with Gasteiger partial charge in [0.05, 0.1) is 0 Å². The number of hydrogen-bond donors (Lipinski definition) is 2. The molecule has 0 amide bonds. The molecule has 2 saturated carbocycles. The Kier molecular flexibility index (Phi) is 8.86. The number of benzene rings is 2. The monoisotopic (exact) mass is 546 g/mol. The molecule has 0 bridgehead atoms. The number of aromatic nitrogens is 2. The third-order valence-corrected chi connectivity index (χ3v) is 8.93. The van der Waals surface area contributed by atoms with Crippen molar-refractivity contribution in [1.29, 1.82) is 0 Å². The summed E-state index contributed by atoms with van der Waals surface area (Å²) in [6.07, 6.45) is 13.0. The fourth-order valence-electron chi connectivity index (χ4n) is 6.05. The molecule has 0 radical (unpaired) electrons. The summed E-state index contributed by atoms with van der Waals surface area (Å²) in [5, 5.41) is 7.31. The molecule has 1 aromatic heterocycles. The molecule has 4 nitrogen and oxygen atoms in total. The van der Waals surface area contributed by atoms with Crippen LogP contribution in [0.2, 0.25) is 5.02 Å². The fraction of sp³-hybridized carbons (Fsp3) is 0.455. The van der Waals surface area contributed by atoms with Crippen LogP contribution in [0.4, 0.5) is 21.8 Å².